The third-order valence-corrected chi connectivity index (χ3v) is 8.65. The Hall–Kier alpha value is -3.34. The number of nitrogens with zero attached hydrogens (tertiary/aromatic N) is 2. The Morgan fingerprint density at radius 1 is 0.976 bits per heavy atom. The van der Waals surface area contributed by atoms with Crippen molar-refractivity contribution in [3.05, 3.63) is 88.2 Å². The van der Waals surface area contributed by atoms with Crippen LogP contribution in [0.4, 0.5) is 10.1 Å². The second kappa shape index (κ2) is 13.8. The molecule has 0 fully saturated rings. The van der Waals surface area contributed by atoms with Gasteiger partial charge in [0, 0.05) is 12.1 Å². The molecule has 0 bridgehead atoms. The van der Waals surface area contributed by atoms with Crippen LogP contribution in [0.2, 0.25) is 10.0 Å². The minimum absolute atomic E-state index is 0.0534. The minimum Gasteiger partial charge on any atom is -0.494 e. The van der Waals surface area contributed by atoms with Crippen LogP contribution >= 0.6 is 23.2 Å². The second-order valence-electron chi connectivity index (χ2n) is 10.6. The lowest BCUT2D eigenvalue weighted by molar-refractivity contribution is -0.140. The molecule has 3 aromatic carbocycles. The van der Waals surface area contributed by atoms with E-state index in [2.05, 4.69) is 5.32 Å². The standard InChI is InChI=1S/C30H34Cl2FN3O5S/c1-6-41-24-12-10-23(11-13-24)36(42(39,40)25-14-8-22(33)9-15-25)19-28(37)35(20(2)29(38)34-30(3,4)5)18-21-7-16-26(31)27(32)17-21/h7-17,20H,6,18-19H2,1-5H3,(H,34,38). The van der Waals surface area contributed by atoms with E-state index in [0.29, 0.717) is 22.9 Å². The molecule has 1 atom stereocenters. The molecule has 0 saturated carbocycles. The van der Waals surface area contributed by atoms with Gasteiger partial charge in [-0.1, -0.05) is 29.3 Å². The topological polar surface area (TPSA) is 96.0 Å². The van der Waals surface area contributed by atoms with E-state index >= 15 is 0 Å². The van der Waals surface area contributed by atoms with Gasteiger partial charge in [-0.15, -0.1) is 0 Å². The summed E-state index contributed by atoms with van der Waals surface area (Å²) in [6, 6.07) is 14.4. The van der Waals surface area contributed by atoms with Crippen LogP contribution in [-0.2, 0) is 26.2 Å². The molecule has 3 aromatic rings. The molecule has 0 aliphatic carbocycles. The van der Waals surface area contributed by atoms with Gasteiger partial charge in [0.15, 0.2) is 0 Å². The molecule has 1 unspecified atom stereocenters. The molecule has 0 aliphatic heterocycles. The third-order valence-electron chi connectivity index (χ3n) is 6.12. The summed E-state index contributed by atoms with van der Waals surface area (Å²) in [5, 5.41) is 3.45. The van der Waals surface area contributed by atoms with E-state index in [1.807, 2.05) is 27.7 Å². The predicted molar refractivity (Wildman–Crippen MR) is 163 cm³/mol. The number of amides is 2. The first kappa shape index (κ1) is 33.2. The molecule has 3 rings (SSSR count). The van der Waals surface area contributed by atoms with E-state index in [-0.39, 0.29) is 22.2 Å². The summed E-state index contributed by atoms with van der Waals surface area (Å²) in [7, 11) is -4.35. The van der Waals surface area contributed by atoms with E-state index in [0.717, 1.165) is 28.6 Å². The Balaban J connectivity index is 2.05. The Morgan fingerprint density at radius 3 is 2.14 bits per heavy atom. The van der Waals surface area contributed by atoms with Gasteiger partial charge in [-0.05, 0) is 101 Å². The van der Waals surface area contributed by atoms with Crippen molar-refractivity contribution in [1.82, 2.24) is 10.2 Å². The summed E-state index contributed by atoms with van der Waals surface area (Å²) in [5.74, 6) is -1.17. The molecule has 226 valence electrons. The number of carbonyl (C=O) groups is 2. The van der Waals surface area contributed by atoms with Crippen LogP contribution < -0.4 is 14.4 Å². The first-order chi connectivity index (χ1) is 19.6. The van der Waals surface area contributed by atoms with E-state index in [1.54, 1.807) is 37.3 Å². The summed E-state index contributed by atoms with van der Waals surface area (Å²) in [6.07, 6.45) is 0. The Morgan fingerprint density at radius 2 is 1.60 bits per heavy atom. The molecular weight excluding hydrogens is 604 g/mol. The smallest absolute Gasteiger partial charge is 0.264 e. The van der Waals surface area contributed by atoms with Gasteiger partial charge in [-0.25, -0.2) is 12.8 Å². The fraction of sp³-hybridized carbons (Fsp3) is 0.333. The van der Waals surface area contributed by atoms with Crippen molar-refractivity contribution in [3.63, 3.8) is 0 Å². The van der Waals surface area contributed by atoms with Crippen LogP contribution in [0.25, 0.3) is 0 Å². The monoisotopic (exact) mass is 637 g/mol. The number of nitrogens with one attached hydrogen (secondary N) is 1. The van der Waals surface area contributed by atoms with Crippen LogP contribution in [-0.4, -0.2) is 49.9 Å². The van der Waals surface area contributed by atoms with Crippen LogP contribution in [0.5, 0.6) is 5.75 Å². The molecule has 42 heavy (non-hydrogen) atoms. The zero-order valence-electron chi connectivity index (χ0n) is 24.0. The van der Waals surface area contributed by atoms with E-state index < -0.39 is 45.8 Å². The zero-order valence-corrected chi connectivity index (χ0v) is 26.4. The largest absolute Gasteiger partial charge is 0.494 e. The van der Waals surface area contributed by atoms with Crippen molar-refractivity contribution in [2.24, 2.45) is 0 Å². The highest BCUT2D eigenvalue weighted by molar-refractivity contribution is 7.92. The van der Waals surface area contributed by atoms with Crippen LogP contribution in [0.3, 0.4) is 0 Å². The summed E-state index contributed by atoms with van der Waals surface area (Å²) in [4.78, 5) is 28.3. The lowest BCUT2D eigenvalue weighted by Gasteiger charge is -2.33. The van der Waals surface area contributed by atoms with Crippen LogP contribution in [0.15, 0.2) is 71.6 Å². The average molecular weight is 639 g/mol. The van der Waals surface area contributed by atoms with Gasteiger partial charge in [0.25, 0.3) is 10.0 Å². The molecule has 8 nitrogen and oxygen atoms in total. The predicted octanol–water partition coefficient (Wildman–Crippen LogP) is 6.06. The van der Waals surface area contributed by atoms with Crippen molar-refractivity contribution < 1.29 is 27.1 Å². The van der Waals surface area contributed by atoms with E-state index in [1.165, 1.54) is 17.0 Å². The number of hydrogen-bond acceptors (Lipinski definition) is 5. The van der Waals surface area contributed by atoms with Crippen LogP contribution in [0.1, 0.15) is 40.2 Å². The Labute approximate surface area is 256 Å². The lowest BCUT2D eigenvalue weighted by Crippen LogP contribution is -2.54. The number of rotatable bonds is 11. The maximum Gasteiger partial charge on any atom is 0.264 e. The molecule has 0 aliphatic rings. The summed E-state index contributed by atoms with van der Waals surface area (Å²) in [5.41, 5.74) is 0.184. The van der Waals surface area contributed by atoms with E-state index in [9.17, 15) is 22.4 Å². The van der Waals surface area contributed by atoms with Crippen molar-refractivity contribution in [2.75, 3.05) is 17.5 Å². The second-order valence-corrected chi connectivity index (χ2v) is 13.3. The van der Waals surface area contributed by atoms with Crippen LogP contribution in [0, 0.1) is 5.82 Å². The average Bonchev–Trinajstić information content (AvgIpc) is 2.91. The van der Waals surface area contributed by atoms with Gasteiger partial charge in [0.1, 0.15) is 24.2 Å². The van der Waals surface area contributed by atoms with Gasteiger partial charge in [-0.3, -0.25) is 13.9 Å². The minimum atomic E-state index is -4.35. The van der Waals surface area contributed by atoms with Gasteiger partial charge in [0.2, 0.25) is 11.8 Å². The molecule has 0 radical (unpaired) electrons. The van der Waals surface area contributed by atoms with Crippen molar-refractivity contribution in [3.8, 4) is 5.75 Å². The third kappa shape index (κ3) is 8.59. The quantitative estimate of drug-likeness (QED) is 0.276. The Bertz CT molecular complexity index is 1510. The fourth-order valence-electron chi connectivity index (χ4n) is 4.03. The summed E-state index contributed by atoms with van der Waals surface area (Å²) < 4.78 is 47.7. The number of carbonyl (C=O) groups excluding carboxylic acids is 2. The van der Waals surface area contributed by atoms with Crippen molar-refractivity contribution in [1.29, 1.82) is 0 Å². The number of benzene rings is 3. The van der Waals surface area contributed by atoms with Gasteiger partial charge in [0.05, 0.1) is 27.2 Å². The lowest BCUT2D eigenvalue weighted by atomic mass is 10.1. The number of halogens is 3. The van der Waals surface area contributed by atoms with Gasteiger partial charge in [-0.2, -0.15) is 0 Å². The molecule has 1 N–H and O–H groups in total. The number of ether oxygens (including phenoxy) is 1. The first-order valence-corrected chi connectivity index (χ1v) is 15.4. The molecular formula is C30H34Cl2FN3O5S. The Kier molecular flexibility index (Phi) is 10.9. The SMILES string of the molecule is CCOc1ccc(N(CC(=O)N(Cc2ccc(Cl)c(Cl)c2)C(C)C(=O)NC(C)(C)C)S(=O)(=O)c2ccc(F)cc2)cc1. The number of hydrogen-bond donors (Lipinski definition) is 1. The number of sulfonamides is 1. The molecule has 0 heterocycles. The summed E-state index contributed by atoms with van der Waals surface area (Å²) >= 11 is 12.3. The zero-order chi connectivity index (χ0) is 31.2. The first-order valence-electron chi connectivity index (χ1n) is 13.2. The molecule has 0 aromatic heterocycles. The fourth-order valence-corrected chi connectivity index (χ4v) is 5.76. The molecule has 12 heteroatoms. The summed E-state index contributed by atoms with van der Waals surface area (Å²) in [6.45, 7) is 8.52. The maximum atomic E-state index is 14.0. The highest BCUT2D eigenvalue weighted by atomic mass is 35.5. The van der Waals surface area contributed by atoms with Gasteiger partial charge < -0.3 is 15.0 Å². The highest BCUT2D eigenvalue weighted by Gasteiger charge is 2.33. The van der Waals surface area contributed by atoms with Crippen molar-refractivity contribution in [2.45, 2.75) is 57.6 Å². The highest BCUT2D eigenvalue weighted by Crippen LogP contribution is 2.28. The van der Waals surface area contributed by atoms with Crippen molar-refractivity contribution >= 4 is 50.7 Å². The molecule has 0 spiro atoms. The maximum absolute atomic E-state index is 14.0. The van der Waals surface area contributed by atoms with E-state index in [4.69, 9.17) is 27.9 Å². The van der Waals surface area contributed by atoms with Gasteiger partial charge >= 0.3 is 0 Å². The normalized spacial score (nSPS) is 12.4. The molecule has 0 saturated heterocycles. The molecule has 2 amide bonds. The number of anilines is 1.